The van der Waals surface area contributed by atoms with Crippen molar-refractivity contribution in [1.82, 2.24) is 0 Å². The van der Waals surface area contributed by atoms with Gasteiger partial charge in [-0.2, -0.15) is 0 Å². The maximum atomic E-state index is 3.94. The molecule has 3 aliphatic rings. The van der Waals surface area contributed by atoms with E-state index in [4.69, 9.17) is 0 Å². The standard InChI is InChI=1S/C42H38.C8H14/c1-3-7-35(8-4-1)37-21-15-31(16-22-37)11-13-33-19-25-39-30-42-28-34(20-26-40(42)29-41(39)27-33)14-12-32-17-23-38(24-18-32)36-9-5-2-6-10-36;1-7(2)8-5-3-4-6-8/h15-30,35-36H,1-10H2;8H,1,3-6H2,2H3. The summed E-state index contributed by atoms with van der Waals surface area (Å²) in [5.41, 5.74) is 8.63. The molecule has 0 aliphatic heterocycles. The molecular formula is C50H52. The van der Waals surface area contributed by atoms with Crippen molar-refractivity contribution in [1.29, 1.82) is 0 Å². The number of hydrogen-bond acceptors (Lipinski definition) is 0. The summed E-state index contributed by atoms with van der Waals surface area (Å²) in [6.45, 7) is 6.09. The van der Waals surface area contributed by atoms with E-state index in [2.05, 4.69) is 134 Å². The van der Waals surface area contributed by atoms with Crippen molar-refractivity contribution < 1.29 is 0 Å². The third kappa shape index (κ3) is 8.79. The fourth-order valence-corrected chi connectivity index (χ4v) is 8.41. The first-order valence-electron chi connectivity index (χ1n) is 19.4. The molecule has 3 aliphatic carbocycles. The molecule has 0 nitrogen and oxygen atoms in total. The van der Waals surface area contributed by atoms with Gasteiger partial charge in [-0.25, -0.2) is 0 Å². The average molecular weight is 653 g/mol. The molecule has 0 radical (unpaired) electrons. The van der Waals surface area contributed by atoms with E-state index >= 15 is 0 Å². The van der Waals surface area contributed by atoms with E-state index in [9.17, 15) is 0 Å². The summed E-state index contributed by atoms with van der Waals surface area (Å²) in [5, 5.41) is 4.90. The lowest BCUT2D eigenvalue weighted by Crippen LogP contribution is -2.04. The van der Waals surface area contributed by atoms with Gasteiger partial charge in [-0.05, 0) is 157 Å². The van der Waals surface area contributed by atoms with Crippen LogP contribution < -0.4 is 0 Å². The van der Waals surface area contributed by atoms with Crippen molar-refractivity contribution >= 4 is 21.5 Å². The molecule has 0 N–H and O–H groups in total. The third-order valence-corrected chi connectivity index (χ3v) is 11.5. The van der Waals surface area contributed by atoms with Crippen molar-refractivity contribution in [3.05, 3.63) is 143 Å². The molecule has 5 aromatic rings. The number of fused-ring (bicyclic) bond motifs is 2. The Bertz CT molecular complexity index is 1890. The molecule has 0 aromatic heterocycles. The summed E-state index contributed by atoms with van der Waals surface area (Å²) in [7, 11) is 0. The molecule has 0 atom stereocenters. The lowest BCUT2D eigenvalue weighted by atomic mass is 9.84. The lowest BCUT2D eigenvalue weighted by molar-refractivity contribution is 0.443. The second kappa shape index (κ2) is 16.5. The molecule has 8 rings (SSSR count). The Kier molecular flexibility index (Phi) is 11.2. The van der Waals surface area contributed by atoms with Crippen LogP contribution in [-0.4, -0.2) is 0 Å². The molecule has 0 heteroatoms. The highest BCUT2D eigenvalue weighted by Gasteiger charge is 2.16. The summed E-state index contributed by atoms with van der Waals surface area (Å²) in [5.74, 6) is 15.9. The van der Waals surface area contributed by atoms with Crippen molar-refractivity contribution in [2.45, 2.75) is 109 Å². The smallest absolute Gasteiger partial charge is 0.0255 e. The van der Waals surface area contributed by atoms with Crippen molar-refractivity contribution in [3.8, 4) is 23.7 Å². The monoisotopic (exact) mass is 652 g/mol. The molecule has 50 heavy (non-hydrogen) atoms. The van der Waals surface area contributed by atoms with E-state index in [1.54, 1.807) is 0 Å². The largest absolute Gasteiger partial charge is 0.0999 e. The van der Waals surface area contributed by atoms with Gasteiger partial charge in [0, 0.05) is 22.3 Å². The van der Waals surface area contributed by atoms with Crippen LogP contribution in [0.2, 0.25) is 0 Å². The van der Waals surface area contributed by atoms with E-state index in [1.807, 2.05) is 0 Å². The highest BCUT2D eigenvalue weighted by molar-refractivity contribution is 5.99. The third-order valence-electron chi connectivity index (χ3n) is 11.5. The van der Waals surface area contributed by atoms with Gasteiger partial charge in [0.25, 0.3) is 0 Å². The Labute approximate surface area is 301 Å². The molecule has 0 saturated heterocycles. The SMILES string of the molecule is C(#Cc1ccc2cc3cc(C#Cc4ccc(C5CCCCC5)cc4)ccc3cc2c1)c1ccc(C2CCCCC2)cc1.C=C(C)C1CCCC1. The summed E-state index contributed by atoms with van der Waals surface area (Å²) in [6, 6.07) is 35.6. The van der Waals surface area contributed by atoms with Gasteiger partial charge in [0.2, 0.25) is 0 Å². The van der Waals surface area contributed by atoms with Crippen molar-refractivity contribution in [2.24, 2.45) is 5.92 Å². The Morgan fingerprint density at radius 3 is 1.16 bits per heavy atom. The van der Waals surface area contributed by atoms with Crippen LogP contribution in [0.5, 0.6) is 0 Å². The first-order valence-corrected chi connectivity index (χ1v) is 19.4. The van der Waals surface area contributed by atoms with E-state index in [0.29, 0.717) is 0 Å². The fraction of sp³-hybridized carbons (Fsp3) is 0.360. The minimum Gasteiger partial charge on any atom is -0.0999 e. The van der Waals surface area contributed by atoms with Gasteiger partial charge in [0.05, 0.1) is 0 Å². The van der Waals surface area contributed by atoms with Gasteiger partial charge in [0.1, 0.15) is 0 Å². The van der Waals surface area contributed by atoms with Crippen molar-refractivity contribution in [3.63, 3.8) is 0 Å². The molecule has 0 unspecified atom stereocenters. The van der Waals surface area contributed by atoms with Crippen LogP contribution >= 0.6 is 0 Å². The van der Waals surface area contributed by atoms with E-state index in [1.165, 1.54) is 128 Å². The Balaban J connectivity index is 0.000000433. The van der Waals surface area contributed by atoms with Gasteiger partial charge < -0.3 is 0 Å². The van der Waals surface area contributed by atoms with Crippen molar-refractivity contribution in [2.75, 3.05) is 0 Å². The second-order valence-corrected chi connectivity index (χ2v) is 15.2. The Morgan fingerprint density at radius 2 is 0.780 bits per heavy atom. The van der Waals surface area contributed by atoms with E-state index < -0.39 is 0 Å². The molecule has 0 heterocycles. The fourth-order valence-electron chi connectivity index (χ4n) is 8.41. The van der Waals surface area contributed by atoms with Gasteiger partial charge >= 0.3 is 0 Å². The number of benzene rings is 5. The quantitative estimate of drug-likeness (QED) is 0.103. The molecular weight excluding hydrogens is 601 g/mol. The molecule has 0 bridgehead atoms. The predicted molar refractivity (Wildman–Crippen MR) is 215 cm³/mol. The van der Waals surface area contributed by atoms with Gasteiger partial charge in [0.15, 0.2) is 0 Å². The van der Waals surface area contributed by atoms with Gasteiger partial charge in [-0.3, -0.25) is 0 Å². The molecule has 3 saturated carbocycles. The highest BCUT2D eigenvalue weighted by atomic mass is 14.2. The maximum absolute atomic E-state index is 3.94. The zero-order chi connectivity index (χ0) is 34.1. The number of rotatable bonds is 3. The molecule has 0 spiro atoms. The summed E-state index contributed by atoms with van der Waals surface area (Å²) in [4.78, 5) is 0. The topological polar surface area (TPSA) is 0 Å². The zero-order valence-electron chi connectivity index (χ0n) is 30.1. The van der Waals surface area contributed by atoms with Crippen LogP contribution in [0.3, 0.4) is 0 Å². The minimum absolute atomic E-state index is 0.738. The molecule has 3 fully saturated rings. The van der Waals surface area contributed by atoms with Crippen LogP contribution in [0.4, 0.5) is 0 Å². The van der Waals surface area contributed by atoms with E-state index in [0.717, 1.165) is 40.0 Å². The molecule has 0 amide bonds. The Hall–Kier alpha value is -4.52. The van der Waals surface area contributed by atoms with Crippen LogP contribution in [0, 0.1) is 29.6 Å². The number of hydrogen-bond donors (Lipinski definition) is 0. The summed E-state index contributed by atoms with van der Waals surface area (Å²) in [6.07, 6.45) is 19.3. The van der Waals surface area contributed by atoms with Crippen LogP contribution in [0.15, 0.2) is 109 Å². The van der Waals surface area contributed by atoms with Gasteiger partial charge in [-0.15, -0.1) is 0 Å². The first kappa shape index (κ1) is 34.0. The minimum atomic E-state index is 0.738. The van der Waals surface area contributed by atoms with Gasteiger partial charge in [-0.1, -0.05) is 124 Å². The lowest BCUT2D eigenvalue weighted by Gasteiger charge is -2.21. The average Bonchev–Trinajstić information content (AvgIpc) is 3.73. The van der Waals surface area contributed by atoms with Crippen LogP contribution in [-0.2, 0) is 0 Å². The number of allylic oxidation sites excluding steroid dienone is 1. The molecule has 252 valence electrons. The normalized spacial score (nSPS) is 16.9. The maximum Gasteiger partial charge on any atom is 0.0255 e. The predicted octanol–water partition coefficient (Wildman–Crippen LogP) is 13.6. The Morgan fingerprint density at radius 1 is 0.420 bits per heavy atom. The summed E-state index contributed by atoms with van der Waals surface area (Å²) < 4.78 is 0. The first-order chi connectivity index (χ1) is 24.6. The van der Waals surface area contributed by atoms with E-state index in [-0.39, 0.29) is 0 Å². The zero-order valence-corrected chi connectivity index (χ0v) is 30.1. The second-order valence-electron chi connectivity index (χ2n) is 15.2. The highest BCUT2D eigenvalue weighted by Crippen LogP contribution is 2.34. The van der Waals surface area contributed by atoms with Crippen LogP contribution in [0.1, 0.15) is 142 Å². The molecule has 5 aromatic carbocycles. The summed E-state index contributed by atoms with van der Waals surface area (Å²) >= 11 is 0. The van der Waals surface area contributed by atoms with Crippen LogP contribution in [0.25, 0.3) is 21.5 Å².